The molecule has 1 atom stereocenters. The summed E-state index contributed by atoms with van der Waals surface area (Å²) in [6, 6.07) is 6.50. The molecule has 9 heteroatoms. The number of halogens is 1. The zero-order chi connectivity index (χ0) is 20.6. The van der Waals surface area contributed by atoms with Crippen molar-refractivity contribution in [3.8, 4) is 5.75 Å². The average molecular weight is 528 g/mol. The summed E-state index contributed by atoms with van der Waals surface area (Å²) >= 11 is 0. The first-order chi connectivity index (χ1) is 14.1. The van der Waals surface area contributed by atoms with E-state index in [9.17, 15) is 0 Å². The maximum atomic E-state index is 5.86. The maximum absolute atomic E-state index is 5.86. The molecular formula is C21H33IN6O2. The second-order valence-electron chi connectivity index (χ2n) is 7.37. The summed E-state index contributed by atoms with van der Waals surface area (Å²) in [5.74, 6) is 3.47. The third-order valence-corrected chi connectivity index (χ3v) is 4.69. The number of guanidine groups is 1. The predicted molar refractivity (Wildman–Crippen MR) is 129 cm³/mol. The van der Waals surface area contributed by atoms with Crippen LogP contribution in [0, 0.1) is 13.8 Å². The van der Waals surface area contributed by atoms with Crippen molar-refractivity contribution in [3.63, 3.8) is 0 Å². The van der Waals surface area contributed by atoms with Crippen LogP contribution in [0.4, 0.5) is 0 Å². The van der Waals surface area contributed by atoms with Gasteiger partial charge in [-0.2, -0.15) is 5.10 Å². The van der Waals surface area contributed by atoms with E-state index in [0.29, 0.717) is 19.8 Å². The second kappa shape index (κ2) is 12.1. The zero-order valence-corrected chi connectivity index (χ0v) is 20.6. The number of benzene rings is 1. The molecule has 1 aliphatic rings. The van der Waals surface area contributed by atoms with Gasteiger partial charge in [-0.15, -0.1) is 24.0 Å². The topological polar surface area (TPSA) is 85.6 Å². The van der Waals surface area contributed by atoms with E-state index < -0.39 is 0 Å². The molecule has 2 N–H and O–H groups in total. The van der Waals surface area contributed by atoms with Gasteiger partial charge in [-0.1, -0.05) is 6.07 Å². The molecule has 0 saturated heterocycles. The molecule has 1 aromatic carbocycles. The zero-order valence-electron chi connectivity index (χ0n) is 18.3. The summed E-state index contributed by atoms with van der Waals surface area (Å²) < 4.78 is 13.0. The summed E-state index contributed by atoms with van der Waals surface area (Å²) in [4.78, 5) is 9.19. The lowest BCUT2D eigenvalue weighted by atomic mass is 10.1. The smallest absolute Gasteiger partial charge is 0.191 e. The Labute approximate surface area is 195 Å². The Morgan fingerprint density at radius 3 is 2.73 bits per heavy atom. The van der Waals surface area contributed by atoms with Crippen molar-refractivity contribution in [3.05, 3.63) is 41.0 Å². The molecule has 3 rings (SSSR count). The van der Waals surface area contributed by atoms with Crippen molar-refractivity contribution in [2.75, 3.05) is 26.8 Å². The highest BCUT2D eigenvalue weighted by molar-refractivity contribution is 14.0. The number of aliphatic imine (C=N–C) groups is 1. The fraction of sp³-hybridized carbons (Fsp3) is 0.571. The number of nitrogens with one attached hydrogen (secondary N) is 2. The van der Waals surface area contributed by atoms with Gasteiger partial charge in [0.05, 0.1) is 13.1 Å². The minimum atomic E-state index is 0. The van der Waals surface area contributed by atoms with Crippen molar-refractivity contribution < 1.29 is 9.47 Å². The lowest BCUT2D eigenvalue weighted by molar-refractivity contribution is 0.177. The Morgan fingerprint density at radius 1 is 1.27 bits per heavy atom. The lowest BCUT2D eigenvalue weighted by Gasteiger charge is -2.25. The first kappa shape index (κ1) is 24.4. The van der Waals surface area contributed by atoms with Crippen molar-refractivity contribution in [2.45, 2.75) is 52.8 Å². The Hall–Kier alpha value is -1.88. The fourth-order valence-electron chi connectivity index (χ4n) is 3.52. The van der Waals surface area contributed by atoms with Gasteiger partial charge in [0.2, 0.25) is 0 Å². The summed E-state index contributed by atoms with van der Waals surface area (Å²) in [5, 5.41) is 11.4. The first-order valence-corrected chi connectivity index (χ1v) is 10.2. The molecule has 0 spiro atoms. The number of nitrogens with zero attached hydrogens (tertiary/aromatic N) is 4. The standard InChI is InChI=1S/C21H32N6O2.HI/c1-5-22-21(23-8-9-29-18-11-15(2)10-16(3)12-18)24-17-6-7-20-25-19(14-28-4)26-27(20)13-17;/h10-12,17H,5-9,13-14H2,1-4H3,(H2,22,23,24);1H. The third-order valence-electron chi connectivity index (χ3n) is 4.69. The van der Waals surface area contributed by atoms with Crippen LogP contribution in [0.5, 0.6) is 5.75 Å². The van der Waals surface area contributed by atoms with Gasteiger partial charge in [-0.3, -0.25) is 0 Å². The van der Waals surface area contributed by atoms with E-state index in [1.165, 1.54) is 11.1 Å². The van der Waals surface area contributed by atoms with E-state index in [-0.39, 0.29) is 30.0 Å². The Kier molecular flexibility index (Phi) is 9.83. The van der Waals surface area contributed by atoms with Crippen LogP contribution < -0.4 is 15.4 Å². The molecule has 30 heavy (non-hydrogen) atoms. The van der Waals surface area contributed by atoms with Crippen LogP contribution in [0.1, 0.15) is 36.1 Å². The molecule has 0 aliphatic carbocycles. The third kappa shape index (κ3) is 7.12. The Balaban J connectivity index is 0.00000320. The minimum Gasteiger partial charge on any atom is -0.492 e. The maximum Gasteiger partial charge on any atom is 0.191 e. The SMILES string of the molecule is CCNC(=NCCOc1cc(C)cc(C)c1)NC1CCc2nc(COC)nn2C1.I. The first-order valence-electron chi connectivity index (χ1n) is 10.2. The highest BCUT2D eigenvalue weighted by Gasteiger charge is 2.22. The molecule has 0 saturated carbocycles. The van der Waals surface area contributed by atoms with Gasteiger partial charge in [0.1, 0.15) is 24.8 Å². The highest BCUT2D eigenvalue weighted by Crippen LogP contribution is 2.16. The van der Waals surface area contributed by atoms with Crippen LogP contribution in [0.25, 0.3) is 0 Å². The number of fused-ring (bicyclic) bond motifs is 1. The van der Waals surface area contributed by atoms with E-state index in [1.807, 2.05) is 4.68 Å². The normalized spacial score (nSPS) is 15.9. The van der Waals surface area contributed by atoms with Gasteiger partial charge in [0.15, 0.2) is 11.8 Å². The monoisotopic (exact) mass is 528 g/mol. The lowest BCUT2D eigenvalue weighted by Crippen LogP contribution is -2.47. The van der Waals surface area contributed by atoms with E-state index in [2.05, 4.69) is 64.7 Å². The van der Waals surface area contributed by atoms with E-state index in [1.54, 1.807) is 7.11 Å². The van der Waals surface area contributed by atoms with Crippen LogP contribution in [0.2, 0.25) is 0 Å². The molecule has 1 aliphatic heterocycles. The molecular weight excluding hydrogens is 495 g/mol. The number of methoxy groups -OCH3 is 1. The number of hydrogen-bond acceptors (Lipinski definition) is 5. The molecule has 166 valence electrons. The minimum absolute atomic E-state index is 0. The molecule has 0 radical (unpaired) electrons. The van der Waals surface area contributed by atoms with E-state index in [4.69, 9.17) is 9.47 Å². The molecule has 8 nitrogen and oxygen atoms in total. The Morgan fingerprint density at radius 2 is 2.03 bits per heavy atom. The molecule has 0 bridgehead atoms. The van der Waals surface area contributed by atoms with Gasteiger partial charge in [0, 0.05) is 26.1 Å². The fourth-order valence-corrected chi connectivity index (χ4v) is 3.52. The van der Waals surface area contributed by atoms with Crippen molar-refractivity contribution in [2.24, 2.45) is 4.99 Å². The molecule has 0 fully saturated rings. The quantitative estimate of drug-likeness (QED) is 0.237. The number of hydrogen-bond donors (Lipinski definition) is 2. The average Bonchev–Trinajstić information content (AvgIpc) is 3.06. The van der Waals surface area contributed by atoms with Gasteiger partial charge < -0.3 is 20.1 Å². The van der Waals surface area contributed by atoms with Crippen LogP contribution in [-0.2, 0) is 24.3 Å². The van der Waals surface area contributed by atoms with E-state index in [0.717, 1.165) is 49.3 Å². The van der Waals surface area contributed by atoms with Crippen LogP contribution >= 0.6 is 24.0 Å². The number of rotatable bonds is 8. The largest absolute Gasteiger partial charge is 0.492 e. The van der Waals surface area contributed by atoms with Crippen LogP contribution in [0.15, 0.2) is 23.2 Å². The van der Waals surface area contributed by atoms with Gasteiger partial charge in [0.25, 0.3) is 0 Å². The van der Waals surface area contributed by atoms with Gasteiger partial charge >= 0.3 is 0 Å². The van der Waals surface area contributed by atoms with Gasteiger partial charge in [-0.25, -0.2) is 14.7 Å². The van der Waals surface area contributed by atoms with E-state index >= 15 is 0 Å². The van der Waals surface area contributed by atoms with Crippen LogP contribution in [0.3, 0.4) is 0 Å². The van der Waals surface area contributed by atoms with Gasteiger partial charge in [-0.05, 0) is 50.5 Å². The number of aromatic nitrogens is 3. The summed E-state index contributed by atoms with van der Waals surface area (Å²) in [5.41, 5.74) is 2.41. The molecule has 2 aromatic rings. The van der Waals surface area contributed by atoms with Crippen molar-refractivity contribution >= 4 is 29.9 Å². The van der Waals surface area contributed by atoms with Crippen molar-refractivity contribution in [1.82, 2.24) is 25.4 Å². The summed E-state index contributed by atoms with van der Waals surface area (Å²) in [7, 11) is 1.66. The highest BCUT2D eigenvalue weighted by atomic mass is 127. The molecule has 1 unspecified atom stereocenters. The molecule has 1 aromatic heterocycles. The van der Waals surface area contributed by atoms with Crippen molar-refractivity contribution in [1.29, 1.82) is 0 Å². The predicted octanol–water partition coefficient (Wildman–Crippen LogP) is 2.61. The Bertz CT molecular complexity index is 819. The van der Waals surface area contributed by atoms with Crippen LogP contribution in [-0.4, -0.2) is 53.6 Å². The summed E-state index contributed by atoms with van der Waals surface area (Å²) in [6.07, 6.45) is 1.89. The molecule has 2 heterocycles. The number of ether oxygens (including phenoxy) is 2. The summed E-state index contributed by atoms with van der Waals surface area (Å²) in [6.45, 7) is 9.37. The molecule has 0 amide bonds. The second-order valence-corrected chi connectivity index (χ2v) is 7.37. The number of aryl methyl sites for hydroxylation is 3.